The number of nitrogens with zero attached hydrogens (tertiary/aromatic N) is 5. The minimum atomic E-state index is 0. The van der Waals surface area contributed by atoms with Crippen LogP contribution >= 0.6 is 0 Å². The van der Waals surface area contributed by atoms with Crippen LogP contribution in [0, 0.1) is 18.5 Å². The van der Waals surface area contributed by atoms with Gasteiger partial charge in [0.15, 0.2) is 0 Å². The van der Waals surface area contributed by atoms with Gasteiger partial charge in [-0.2, -0.15) is 18.2 Å². The van der Waals surface area contributed by atoms with E-state index < -0.39 is 0 Å². The molecule has 0 N–H and O–H groups in total. The Labute approximate surface area is 331 Å². The van der Waals surface area contributed by atoms with Crippen LogP contribution in [0.1, 0.15) is 0 Å². The van der Waals surface area contributed by atoms with Crippen molar-refractivity contribution in [2.75, 3.05) is 0 Å². The number of para-hydroxylation sites is 6. The van der Waals surface area contributed by atoms with Crippen LogP contribution in [0.2, 0.25) is 0 Å². The maximum atomic E-state index is 6.54. The van der Waals surface area contributed by atoms with E-state index in [9.17, 15) is 0 Å². The number of hydrogen-bond donors (Lipinski definition) is 0. The van der Waals surface area contributed by atoms with Gasteiger partial charge in [0.25, 0.3) is 6.33 Å². The molecule has 4 aromatic heterocycles. The molecule has 0 saturated carbocycles. The first-order valence-electron chi connectivity index (χ1n) is 17.9. The smallest absolute Gasteiger partial charge is 0.268 e. The molecular weight excluding hydrogens is 858 g/mol. The van der Waals surface area contributed by atoms with Crippen molar-refractivity contribution in [1.82, 2.24) is 18.7 Å². The van der Waals surface area contributed by atoms with Crippen LogP contribution in [0.3, 0.4) is 0 Å². The number of fused-ring (bicyclic) bond motifs is 7. The fraction of sp³-hybridized carbons (Fsp3) is 0. The number of aromatic nitrogens is 5. The van der Waals surface area contributed by atoms with Gasteiger partial charge in [-0.3, -0.25) is 4.57 Å². The molecule has 264 valence electrons. The number of pyridine rings is 1. The topological polar surface area (TPSA) is 40.8 Å². The molecular formula is C48H29N5OPt-2. The zero-order valence-corrected chi connectivity index (χ0v) is 31.5. The molecule has 0 aliphatic rings. The minimum Gasteiger partial charge on any atom is -0.510 e. The molecule has 6 nitrogen and oxygen atoms in total. The Bertz CT molecular complexity index is 3160. The summed E-state index contributed by atoms with van der Waals surface area (Å²) in [5, 5.41) is 4.63. The first-order chi connectivity index (χ1) is 26.8. The van der Waals surface area contributed by atoms with E-state index in [-0.39, 0.29) is 21.1 Å². The van der Waals surface area contributed by atoms with Gasteiger partial charge in [-0.1, -0.05) is 103 Å². The maximum Gasteiger partial charge on any atom is 0.268 e. The zero-order chi connectivity index (χ0) is 35.6. The van der Waals surface area contributed by atoms with Crippen LogP contribution in [0.4, 0.5) is 0 Å². The summed E-state index contributed by atoms with van der Waals surface area (Å²) in [5.41, 5.74) is 9.18. The third kappa shape index (κ3) is 5.37. The van der Waals surface area contributed by atoms with Crippen LogP contribution in [0.25, 0.3) is 77.5 Å². The Balaban J connectivity index is 0.00000372. The van der Waals surface area contributed by atoms with Crippen molar-refractivity contribution < 1.29 is 30.4 Å². The molecule has 11 rings (SSSR count). The van der Waals surface area contributed by atoms with Crippen molar-refractivity contribution in [2.45, 2.75) is 0 Å². The van der Waals surface area contributed by atoms with Gasteiger partial charge in [0.05, 0.1) is 33.4 Å². The van der Waals surface area contributed by atoms with Crippen molar-refractivity contribution in [3.05, 3.63) is 195 Å². The van der Waals surface area contributed by atoms with Gasteiger partial charge in [0.2, 0.25) is 0 Å². The van der Waals surface area contributed by atoms with E-state index in [4.69, 9.17) is 9.72 Å². The molecule has 0 aliphatic carbocycles. The fourth-order valence-electron chi connectivity index (χ4n) is 7.79. The van der Waals surface area contributed by atoms with Crippen LogP contribution < -0.4 is 9.30 Å². The first kappa shape index (κ1) is 32.9. The molecule has 4 heterocycles. The third-order valence-corrected chi connectivity index (χ3v) is 10.1. The van der Waals surface area contributed by atoms with E-state index in [1.807, 2.05) is 65.4 Å². The van der Waals surface area contributed by atoms with Crippen LogP contribution in [0.5, 0.6) is 11.5 Å². The summed E-state index contributed by atoms with van der Waals surface area (Å²) < 4.78 is 15.1. The Kier molecular flexibility index (Phi) is 7.93. The maximum absolute atomic E-state index is 6.54. The number of hydrogen-bond acceptors (Lipinski definition) is 2. The molecule has 0 aliphatic heterocycles. The predicted octanol–water partition coefficient (Wildman–Crippen LogP) is 10.7. The summed E-state index contributed by atoms with van der Waals surface area (Å²) in [6.45, 7) is 0. The molecule has 7 aromatic carbocycles. The van der Waals surface area contributed by atoms with Gasteiger partial charge in [0, 0.05) is 61.1 Å². The predicted molar refractivity (Wildman–Crippen MR) is 214 cm³/mol. The third-order valence-electron chi connectivity index (χ3n) is 10.1. The van der Waals surface area contributed by atoms with Crippen LogP contribution in [0.15, 0.2) is 176 Å². The van der Waals surface area contributed by atoms with Gasteiger partial charge in [-0.25, -0.2) is 4.98 Å². The van der Waals surface area contributed by atoms with E-state index in [1.54, 1.807) is 0 Å². The quantitative estimate of drug-likeness (QED) is 0.123. The second-order valence-electron chi connectivity index (χ2n) is 13.3. The van der Waals surface area contributed by atoms with E-state index in [2.05, 4.69) is 147 Å². The number of benzene rings is 7. The molecule has 0 atom stereocenters. The van der Waals surface area contributed by atoms with Gasteiger partial charge in [0.1, 0.15) is 5.82 Å². The Hall–Kier alpha value is -6.75. The molecule has 0 spiro atoms. The van der Waals surface area contributed by atoms with Crippen molar-refractivity contribution in [1.29, 1.82) is 0 Å². The van der Waals surface area contributed by atoms with Crippen molar-refractivity contribution in [3.8, 4) is 34.4 Å². The van der Waals surface area contributed by atoms with Crippen molar-refractivity contribution >= 4 is 54.6 Å². The summed E-state index contributed by atoms with van der Waals surface area (Å²) in [6.07, 6.45) is 5.43. The Morgan fingerprint density at radius 3 is 1.85 bits per heavy atom. The molecule has 0 unspecified atom stereocenters. The standard InChI is InChI=1S/C48H29N5O.Pt/c1-2-13-33(14-3-1)50-32-51(46-24-11-10-23-45(46)50)34-15-12-16-36(29-34)54-37-25-26-41-40-19-6-9-22-44(40)53(47(41)31-37)48-30-35(27-28-49-48)52-42-20-7-4-17-38(42)39-18-5-8-21-43(39)52;/h1-28,30H;/q-2;. The number of ether oxygens (including phenoxy) is 1. The summed E-state index contributed by atoms with van der Waals surface area (Å²) >= 11 is 0. The molecule has 0 fully saturated rings. The molecule has 55 heavy (non-hydrogen) atoms. The fourth-order valence-corrected chi connectivity index (χ4v) is 7.79. The minimum absolute atomic E-state index is 0. The number of imidazole rings is 1. The Morgan fingerprint density at radius 1 is 0.491 bits per heavy atom. The van der Waals surface area contributed by atoms with Gasteiger partial charge < -0.3 is 18.4 Å². The van der Waals surface area contributed by atoms with Gasteiger partial charge >= 0.3 is 0 Å². The molecule has 0 saturated heterocycles. The molecule has 0 bridgehead atoms. The normalized spacial score (nSPS) is 11.5. The van der Waals surface area contributed by atoms with E-state index in [0.717, 1.165) is 66.8 Å². The average molecular weight is 887 g/mol. The van der Waals surface area contributed by atoms with Gasteiger partial charge in [-0.05, 0) is 47.5 Å². The van der Waals surface area contributed by atoms with E-state index in [0.29, 0.717) is 11.5 Å². The second-order valence-corrected chi connectivity index (χ2v) is 13.3. The number of rotatable bonds is 6. The monoisotopic (exact) mass is 886 g/mol. The van der Waals surface area contributed by atoms with E-state index in [1.165, 1.54) is 10.8 Å². The average Bonchev–Trinajstić information content (AvgIpc) is 3.89. The summed E-state index contributed by atoms with van der Waals surface area (Å²) in [7, 11) is 0. The van der Waals surface area contributed by atoms with E-state index >= 15 is 0 Å². The largest absolute Gasteiger partial charge is 0.510 e. The van der Waals surface area contributed by atoms with Crippen LogP contribution in [-0.4, -0.2) is 18.7 Å². The summed E-state index contributed by atoms with van der Waals surface area (Å²) in [5.74, 6) is 1.96. The summed E-state index contributed by atoms with van der Waals surface area (Å²) in [6, 6.07) is 65.4. The van der Waals surface area contributed by atoms with Gasteiger partial charge in [-0.15, -0.1) is 29.7 Å². The summed E-state index contributed by atoms with van der Waals surface area (Å²) in [4.78, 5) is 4.93. The molecule has 11 aromatic rings. The zero-order valence-electron chi connectivity index (χ0n) is 29.2. The molecule has 0 amide bonds. The van der Waals surface area contributed by atoms with Crippen molar-refractivity contribution in [3.63, 3.8) is 0 Å². The molecule has 7 heteroatoms. The first-order valence-corrected chi connectivity index (χ1v) is 17.9. The van der Waals surface area contributed by atoms with Crippen LogP contribution in [-0.2, 0) is 21.1 Å². The second kappa shape index (κ2) is 13.3. The molecule has 0 radical (unpaired) electrons. The van der Waals surface area contributed by atoms with Crippen molar-refractivity contribution in [2.24, 2.45) is 0 Å². The Morgan fingerprint density at radius 2 is 1.11 bits per heavy atom. The SMILES string of the molecule is [Pt].[c-]1c(Oc2[c-]c3c(cc2)c2ccccc2n3-c2cc(-n3c4ccccc4c4ccccc43)ccn2)cccc1-[n+]1[c-]n(-c2ccccc2)c2ccccc21.